The number of rotatable bonds is 3. The molecule has 1 N–H and O–H groups in total. The minimum absolute atomic E-state index is 0.0487. The first kappa shape index (κ1) is 14.1. The average molecular weight is 230 g/mol. The Morgan fingerprint density at radius 3 is 1.93 bits per heavy atom. The fourth-order valence-electron chi connectivity index (χ4n) is 1.12. The molecule has 86 valence electrons. The van der Waals surface area contributed by atoms with Crippen LogP contribution in [0.15, 0.2) is 29.2 Å². The van der Waals surface area contributed by atoms with Crippen molar-refractivity contribution in [3.63, 3.8) is 0 Å². The van der Waals surface area contributed by atoms with Crippen LogP contribution in [0.2, 0.25) is 0 Å². The van der Waals surface area contributed by atoms with Crippen molar-refractivity contribution in [1.82, 2.24) is 0 Å². The molecule has 0 aliphatic rings. The molecule has 0 spiro atoms. The largest absolute Gasteiger partial charge is 0.294 e. The molecule has 1 rings (SSSR count). The molecule has 0 saturated carbocycles. The van der Waals surface area contributed by atoms with Crippen LogP contribution in [0.5, 0.6) is 0 Å². The summed E-state index contributed by atoms with van der Waals surface area (Å²) in [6.07, 6.45) is 1.94. The maximum absolute atomic E-state index is 10.7. The fraction of sp³-hybridized carbons (Fsp3) is 0.455. The van der Waals surface area contributed by atoms with E-state index < -0.39 is 10.1 Å². The molecule has 0 fully saturated rings. The lowest BCUT2D eigenvalue weighted by Crippen LogP contribution is -1.97. The molecule has 1 aromatic rings. The molecule has 0 aliphatic carbocycles. The van der Waals surface area contributed by atoms with Gasteiger partial charge >= 0.3 is 0 Å². The van der Waals surface area contributed by atoms with Crippen molar-refractivity contribution in [2.24, 2.45) is 0 Å². The summed E-state index contributed by atoms with van der Waals surface area (Å²) in [6, 6.07) is 6.26. The zero-order valence-electron chi connectivity index (χ0n) is 9.40. The first-order valence-corrected chi connectivity index (χ1v) is 6.54. The summed E-state index contributed by atoms with van der Waals surface area (Å²) >= 11 is 0. The third-order valence-corrected chi connectivity index (χ3v) is 2.63. The maximum atomic E-state index is 10.7. The van der Waals surface area contributed by atoms with Crippen molar-refractivity contribution in [3.8, 4) is 0 Å². The highest BCUT2D eigenvalue weighted by molar-refractivity contribution is 7.85. The van der Waals surface area contributed by atoms with Crippen LogP contribution >= 0.6 is 0 Å². The normalized spacial score (nSPS) is 10.4. The predicted molar refractivity (Wildman–Crippen MR) is 61.6 cm³/mol. The van der Waals surface area contributed by atoms with Crippen molar-refractivity contribution in [1.29, 1.82) is 0 Å². The standard InChI is InChI=1S/C9H12O3S.C2H6/c1-2-3-8-4-6-9(7-5-8)13(10,11)12;1-2/h4-7H,2-3H2,1H3,(H,10,11,12);1-2H3. The minimum atomic E-state index is -4.03. The topological polar surface area (TPSA) is 54.4 Å². The Balaban J connectivity index is 0.000000921. The van der Waals surface area contributed by atoms with Gasteiger partial charge in [0, 0.05) is 0 Å². The van der Waals surface area contributed by atoms with E-state index in [1.807, 2.05) is 13.8 Å². The Labute approximate surface area is 91.9 Å². The van der Waals surface area contributed by atoms with E-state index in [-0.39, 0.29) is 4.90 Å². The van der Waals surface area contributed by atoms with Crippen LogP contribution in [0.1, 0.15) is 32.8 Å². The molecule has 4 heteroatoms. The van der Waals surface area contributed by atoms with E-state index in [4.69, 9.17) is 4.55 Å². The van der Waals surface area contributed by atoms with Crippen LogP contribution in [-0.4, -0.2) is 13.0 Å². The summed E-state index contributed by atoms with van der Waals surface area (Å²) in [6.45, 7) is 6.05. The van der Waals surface area contributed by atoms with Crippen molar-refractivity contribution >= 4 is 10.1 Å². The third kappa shape index (κ3) is 4.95. The molecule has 0 bridgehead atoms. The van der Waals surface area contributed by atoms with E-state index in [9.17, 15) is 8.42 Å². The molecule has 0 heterocycles. The van der Waals surface area contributed by atoms with Gasteiger partial charge in [-0.05, 0) is 24.1 Å². The van der Waals surface area contributed by atoms with Gasteiger partial charge in [0.1, 0.15) is 0 Å². The maximum Gasteiger partial charge on any atom is 0.294 e. The van der Waals surface area contributed by atoms with Crippen molar-refractivity contribution in [2.75, 3.05) is 0 Å². The van der Waals surface area contributed by atoms with E-state index in [1.54, 1.807) is 12.1 Å². The number of hydrogen-bond acceptors (Lipinski definition) is 2. The monoisotopic (exact) mass is 230 g/mol. The van der Waals surface area contributed by atoms with Gasteiger partial charge in [-0.25, -0.2) is 0 Å². The number of aryl methyl sites for hydroxylation is 1. The van der Waals surface area contributed by atoms with Gasteiger partial charge in [0.05, 0.1) is 4.90 Å². The molecular formula is C11H18O3S. The zero-order chi connectivity index (χ0) is 11.9. The van der Waals surface area contributed by atoms with Crippen LogP contribution in [-0.2, 0) is 16.5 Å². The quantitative estimate of drug-likeness (QED) is 0.812. The third-order valence-electron chi connectivity index (χ3n) is 1.76. The van der Waals surface area contributed by atoms with E-state index in [2.05, 4.69) is 6.92 Å². The van der Waals surface area contributed by atoms with Gasteiger partial charge in [-0.2, -0.15) is 8.42 Å². The molecule has 0 atom stereocenters. The highest BCUT2D eigenvalue weighted by Gasteiger charge is 2.07. The highest BCUT2D eigenvalue weighted by Crippen LogP contribution is 2.10. The second kappa shape index (κ2) is 6.58. The summed E-state index contributed by atoms with van der Waals surface area (Å²) < 4.78 is 30.0. The Hall–Kier alpha value is -0.870. The SMILES string of the molecule is CC.CCCc1ccc(S(=O)(=O)O)cc1. The Kier molecular flexibility index (Phi) is 6.20. The first-order valence-electron chi connectivity index (χ1n) is 5.10. The minimum Gasteiger partial charge on any atom is -0.282 e. The fourth-order valence-corrected chi connectivity index (χ4v) is 1.60. The van der Waals surface area contributed by atoms with Crippen LogP contribution in [0.4, 0.5) is 0 Å². The second-order valence-electron chi connectivity index (χ2n) is 2.87. The van der Waals surface area contributed by atoms with Crippen molar-refractivity contribution in [2.45, 2.75) is 38.5 Å². The van der Waals surface area contributed by atoms with Gasteiger partial charge in [-0.1, -0.05) is 39.3 Å². The van der Waals surface area contributed by atoms with E-state index >= 15 is 0 Å². The van der Waals surface area contributed by atoms with Crippen molar-refractivity contribution < 1.29 is 13.0 Å². The zero-order valence-corrected chi connectivity index (χ0v) is 10.2. The molecule has 0 amide bonds. The smallest absolute Gasteiger partial charge is 0.282 e. The van der Waals surface area contributed by atoms with Crippen LogP contribution in [0.25, 0.3) is 0 Å². The molecule has 3 nitrogen and oxygen atoms in total. The molecule has 0 unspecified atom stereocenters. The molecule has 0 saturated heterocycles. The van der Waals surface area contributed by atoms with Gasteiger partial charge < -0.3 is 0 Å². The van der Waals surface area contributed by atoms with Crippen LogP contribution < -0.4 is 0 Å². The van der Waals surface area contributed by atoms with Crippen LogP contribution in [0.3, 0.4) is 0 Å². The summed E-state index contributed by atoms with van der Waals surface area (Å²) in [5.41, 5.74) is 1.08. The summed E-state index contributed by atoms with van der Waals surface area (Å²) in [4.78, 5) is -0.0487. The van der Waals surface area contributed by atoms with Crippen LogP contribution in [0, 0.1) is 0 Å². The molecule has 0 radical (unpaired) electrons. The van der Waals surface area contributed by atoms with E-state index in [0.29, 0.717) is 0 Å². The van der Waals surface area contributed by atoms with Gasteiger partial charge in [-0.15, -0.1) is 0 Å². The average Bonchev–Trinajstić information content (AvgIpc) is 2.21. The lowest BCUT2D eigenvalue weighted by Gasteiger charge is -1.99. The van der Waals surface area contributed by atoms with E-state index in [1.165, 1.54) is 12.1 Å². The van der Waals surface area contributed by atoms with E-state index in [0.717, 1.165) is 18.4 Å². The lowest BCUT2D eigenvalue weighted by atomic mass is 10.1. The summed E-state index contributed by atoms with van der Waals surface area (Å²) in [5.74, 6) is 0. The number of hydrogen-bond donors (Lipinski definition) is 1. The van der Waals surface area contributed by atoms with Gasteiger partial charge in [-0.3, -0.25) is 4.55 Å². The molecular weight excluding hydrogens is 212 g/mol. The van der Waals surface area contributed by atoms with Gasteiger partial charge in [0.25, 0.3) is 10.1 Å². The Morgan fingerprint density at radius 2 is 1.60 bits per heavy atom. The molecule has 1 aromatic carbocycles. The summed E-state index contributed by atoms with van der Waals surface area (Å²) in [5, 5.41) is 0. The molecule has 0 aliphatic heterocycles. The Morgan fingerprint density at radius 1 is 1.13 bits per heavy atom. The Bertz CT molecular complexity index is 365. The highest BCUT2D eigenvalue weighted by atomic mass is 32.2. The van der Waals surface area contributed by atoms with Crippen molar-refractivity contribution in [3.05, 3.63) is 29.8 Å². The second-order valence-corrected chi connectivity index (χ2v) is 4.29. The summed E-state index contributed by atoms with van der Waals surface area (Å²) in [7, 11) is -4.03. The predicted octanol–water partition coefficient (Wildman–Crippen LogP) is 2.91. The van der Waals surface area contributed by atoms with Gasteiger partial charge in [0.2, 0.25) is 0 Å². The first-order chi connectivity index (χ1) is 7.04. The number of benzene rings is 1. The lowest BCUT2D eigenvalue weighted by molar-refractivity contribution is 0.483. The van der Waals surface area contributed by atoms with Gasteiger partial charge in [0.15, 0.2) is 0 Å². The molecule has 15 heavy (non-hydrogen) atoms. The molecule has 0 aromatic heterocycles.